The first-order chi connectivity index (χ1) is 12.9. The summed E-state index contributed by atoms with van der Waals surface area (Å²) in [6, 6.07) is -2.24. The largest absolute Gasteiger partial charge is 0.587 e. The van der Waals surface area contributed by atoms with E-state index in [1.165, 1.54) is 20.7 Å². The minimum absolute atomic E-state index is 0.174. The number of nitrogens with one attached hydrogen (secondary N) is 2. The van der Waals surface area contributed by atoms with E-state index in [9.17, 15) is 19.2 Å². The molecule has 4 N–H and O–H groups in total. The quantitative estimate of drug-likeness (QED) is 0.475. The molecule has 142 valence electrons. The van der Waals surface area contributed by atoms with E-state index >= 15 is 0 Å². The molecule has 2 saturated heterocycles. The molecule has 3 unspecified atom stereocenters. The zero-order valence-corrected chi connectivity index (χ0v) is 15.5. The average Bonchev–Trinajstić information content (AvgIpc) is 3.35. The van der Waals surface area contributed by atoms with Gasteiger partial charge in [-0.2, -0.15) is 0 Å². The number of likely N-dealkylation sites (tertiary alicyclic amines) is 1. The third-order valence-electron chi connectivity index (χ3n) is 4.91. The van der Waals surface area contributed by atoms with Gasteiger partial charge in [-0.25, -0.2) is 0 Å². The lowest BCUT2D eigenvalue weighted by Gasteiger charge is -2.28. The Hall–Kier alpha value is -2.43. The molecule has 9 nitrogen and oxygen atoms in total. The van der Waals surface area contributed by atoms with Gasteiger partial charge in [0.05, 0.1) is 11.8 Å². The van der Waals surface area contributed by atoms with Crippen LogP contribution in [0.3, 0.4) is 0 Å². The maximum atomic E-state index is 13.1. The first kappa shape index (κ1) is 19.3. The fourth-order valence-electron chi connectivity index (χ4n) is 3.48. The molecule has 3 heterocycles. The number of primary amides is 1. The third-order valence-corrected chi connectivity index (χ3v) is 5.67. The molecule has 2 aliphatic rings. The Labute approximate surface area is 161 Å². The maximum absolute atomic E-state index is 13.1. The van der Waals surface area contributed by atoms with E-state index in [1.807, 2.05) is 0 Å². The van der Waals surface area contributed by atoms with Gasteiger partial charge in [0.15, 0.2) is 11.2 Å². The molecule has 2 aliphatic heterocycles. The van der Waals surface area contributed by atoms with Gasteiger partial charge in [0, 0.05) is 13.0 Å². The van der Waals surface area contributed by atoms with Crippen molar-refractivity contribution in [1.29, 1.82) is 0 Å². The van der Waals surface area contributed by atoms with E-state index in [-0.39, 0.29) is 24.7 Å². The number of thiazole rings is 1. The molecule has 4 amide bonds. The van der Waals surface area contributed by atoms with Crippen LogP contribution in [-0.2, 0) is 25.6 Å². The van der Waals surface area contributed by atoms with Crippen LogP contribution < -0.4 is 20.8 Å². The highest BCUT2D eigenvalue weighted by Crippen LogP contribution is 2.19. The summed E-state index contributed by atoms with van der Waals surface area (Å²) in [4.78, 5) is 50.1. The molecule has 0 bridgehead atoms. The molecule has 2 fully saturated rings. The zero-order chi connectivity index (χ0) is 19.6. The summed E-state index contributed by atoms with van der Waals surface area (Å²) in [5, 5.41) is 7.10. The molecule has 3 atom stereocenters. The third kappa shape index (κ3) is 4.29. The Bertz CT molecular complexity index is 770. The van der Waals surface area contributed by atoms with E-state index in [0.29, 0.717) is 31.5 Å². The van der Waals surface area contributed by atoms with Crippen molar-refractivity contribution in [3.05, 3.63) is 16.6 Å². The monoisotopic (exact) mass is 390 g/mol. The predicted octanol–water partition coefficient (Wildman–Crippen LogP) is -2.25. The van der Waals surface area contributed by atoms with Gasteiger partial charge < -0.3 is 21.3 Å². The first-order valence-electron chi connectivity index (χ1n) is 8.78. The van der Waals surface area contributed by atoms with Gasteiger partial charge in [0.2, 0.25) is 23.6 Å². The van der Waals surface area contributed by atoms with Crippen LogP contribution >= 0.6 is 11.3 Å². The fourth-order valence-corrected chi connectivity index (χ4v) is 4.18. The number of rotatable bonds is 6. The summed E-state index contributed by atoms with van der Waals surface area (Å²) in [5.41, 5.74) is 7.76. The van der Waals surface area contributed by atoms with Crippen molar-refractivity contribution in [2.45, 2.75) is 50.2 Å². The summed E-state index contributed by atoms with van der Waals surface area (Å²) in [6.45, 7) is 0.408. The van der Waals surface area contributed by atoms with Gasteiger partial charge in [-0.3, -0.25) is 23.7 Å². The molecule has 3 rings (SSSR count). The van der Waals surface area contributed by atoms with Gasteiger partial charge in [-0.05, 0) is 19.3 Å². The van der Waals surface area contributed by atoms with Gasteiger partial charge in [-0.15, -0.1) is 0 Å². The highest BCUT2D eigenvalue weighted by atomic mass is 32.1. The Kier molecular flexibility index (Phi) is 5.78. The molecular weight excluding hydrogens is 369 g/mol. The normalized spacial score (nSPS) is 23.1. The molecule has 2 radical (unpaired) electrons. The number of nitrogens with zero attached hydrogens (tertiary/aromatic N) is 2. The van der Waals surface area contributed by atoms with Gasteiger partial charge >= 0.3 is 7.98 Å². The smallest absolute Gasteiger partial charge is 0.368 e. The van der Waals surface area contributed by atoms with Crippen LogP contribution in [0.15, 0.2) is 10.9 Å². The Balaban J connectivity index is 1.77. The van der Waals surface area contributed by atoms with Crippen molar-refractivity contribution in [2.24, 2.45) is 5.73 Å². The molecule has 0 spiro atoms. The fraction of sp³-hybridized carbons (Fsp3) is 0.562. The van der Waals surface area contributed by atoms with Crippen molar-refractivity contribution < 1.29 is 23.7 Å². The molecule has 11 heteroatoms. The number of hydrogen-bond donors (Lipinski definition) is 3. The molecule has 27 heavy (non-hydrogen) atoms. The molecule has 0 saturated carbocycles. The molecule has 1 aromatic heterocycles. The van der Waals surface area contributed by atoms with Crippen LogP contribution in [0, 0.1) is 0 Å². The Morgan fingerprint density at radius 1 is 1.44 bits per heavy atom. The Morgan fingerprint density at radius 3 is 2.81 bits per heavy atom. The van der Waals surface area contributed by atoms with Crippen molar-refractivity contribution in [3.8, 4) is 0 Å². The second-order valence-electron chi connectivity index (χ2n) is 6.77. The van der Waals surface area contributed by atoms with Gasteiger partial charge in [0.25, 0.3) is 0 Å². The lowest BCUT2D eigenvalue weighted by atomic mass is 10.1. The average molecular weight is 390 g/mol. The number of amides is 4. The molecule has 0 aromatic carbocycles. The standard InChI is InChI=1S/C16H21BN5O4S/c17-22-8-27-7-9(22)6-11(20-15(25)10-3-4-13(23)19-10)16(26)21-5-1-2-12(21)14(18)24/h7-8,10-12H,1-6H2,(H2,18,24)(H,19,23)(H,20,25)/q+1. The number of carbonyl (C=O) groups is 4. The van der Waals surface area contributed by atoms with E-state index < -0.39 is 29.9 Å². The van der Waals surface area contributed by atoms with E-state index in [2.05, 4.69) is 10.6 Å². The number of hydrogen-bond acceptors (Lipinski definition) is 5. The summed E-state index contributed by atoms with van der Waals surface area (Å²) in [5.74, 6) is -1.55. The van der Waals surface area contributed by atoms with E-state index in [0.717, 1.165) is 0 Å². The lowest BCUT2D eigenvalue weighted by molar-refractivity contribution is -0.525. The van der Waals surface area contributed by atoms with Crippen molar-refractivity contribution in [1.82, 2.24) is 15.5 Å². The maximum Gasteiger partial charge on any atom is 0.587 e. The van der Waals surface area contributed by atoms with Crippen molar-refractivity contribution in [3.63, 3.8) is 0 Å². The second kappa shape index (κ2) is 8.07. The van der Waals surface area contributed by atoms with Gasteiger partial charge in [0.1, 0.15) is 18.1 Å². The van der Waals surface area contributed by atoms with Gasteiger partial charge in [-0.1, -0.05) is 11.3 Å². The molecule has 0 aliphatic carbocycles. The molecular formula is C16H21BN5O4S+. The second-order valence-corrected chi connectivity index (χ2v) is 7.49. The number of aromatic nitrogens is 1. The predicted molar refractivity (Wildman–Crippen MR) is 96.4 cm³/mol. The minimum atomic E-state index is -0.903. The summed E-state index contributed by atoms with van der Waals surface area (Å²) < 4.78 is 1.39. The van der Waals surface area contributed by atoms with Crippen LogP contribution in [0.25, 0.3) is 0 Å². The number of carbonyl (C=O) groups excluding carboxylic acids is 4. The van der Waals surface area contributed by atoms with E-state index in [1.54, 1.807) is 10.9 Å². The number of nitrogens with two attached hydrogens (primary N) is 1. The molecule has 1 aromatic rings. The Morgan fingerprint density at radius 2 is 2.22 bits per heavy atom. The van der Waals surface area contributed by atoms with Crippen LogP contribution in [0.2, 0.25) is 0 Å². The minimum Gasteiger partial charge on any atom is -0.368 e. The summed E-state index contributed by atoms with van der Waals surface area (Å²) in [6.07, 6.45) is 2.02. The van der Waals surface area contributed by atoms with E-state index in [4.69, 9.17) is 13.7 Å². The SMILES string of the molecule is [B][n+]1cscc1CC(NC(=O)C1CCC(=O)N1)C(=O)N1CCCC1C(N)=O. The van der Waals surface area contributed by atoms with Crippen molar-refractivity contribution >= 4 is 42.9 Å². The topological polar surface area (TPSA) is 125 Å². The summed E-state index contributed by atoms with van der Waals surface area (Å²) >= 11 is 1.37. The summed E-state index contributed by atoms with van der Waals surface area (Å²) in [7, 11) is 5.85. The van der Waals surface area contributed by atoms with Crippen LogP contribution in [0.1, 0.15) is 31.4 Å². The van der Waals surface area contributed by atoms with Crippen LogP contribution in [0.4, 0.5) is 0 Å². The highest BCUT2D eigenvalue weighted by molar-refractivity contribution is 7.07. The van der Waals surface area contributed by atoms with Crippen molar-refractivity contribution in [2.75, 3.05) is 6.54 Å². The highest BCUT2D eigenvalue weighted by Gasteiger charge is 2.39. The zero-order valence-electron chi connectivity index (χ0n) is 14.7. The van der Waals surface area contributed by atoms with Crippen LogP contribution in [-0.4, -0.2) is 61.2 Å². The lowest BCUT2D eigenvalue weighted by Crippen LogP contribution is -2.56. The van der Waals surface area contributed by atoms with Crippen LogP contribution in [0.5, 0.6) is 0 Å². The first-order valence-corrected chi connectivity index (χ1v) is 9.72.